The van der Waals surface area contributed by atoms with E-state index in [1.807, 2.05) is 62.4 Å². The number of nitrogens with zero attached hydrogens (tertiary/aromatic N) is 5. The third-order valence-electron chi connectivity index (χ3n) is 5.28. The fourth-order valence-electron chi connectivity index (χ4n) is 3.79. The smallest absolute Gasteiger partial charge is 0.223 e. The molecule has 4 aromatic rings. The molecule has 0 radical (unpaired) electrons. The number of tetrazole rings is 1. The van der Waals surface area contributed by atoms with Crippen LogP contribution in [0, 0.1) is 0 Å². The minimum Gasteiger partial charge on any atom is -0.363 e. The average Bonchev–Trinajstić information content (AvgIpc) is 3.49. The van der Waals surface area contributed by atoms with Gasteiger partial charge in [-0.15, -0.1) is 10.2 Å². The molecule has 0 spiro atoms. The zero-order valence-corrected chi connectivity index (χ0v) is 20.5. The first kappa shape index (κ1) is 26.5. The van der Waals surface area contributed by atoms with Gasteiger partial charge in [0, 0.05) is 18.5 Å². The average molecular weight is 501 g/mol. The Morgan fingerprint density at radius 3 is 2.26 bits per heavy atom. The first-order chi connectivity index (χ1) is 16.8. The van der Waals surface area contributed by atoms with E-state index in [1.165, 1.54) is 4.57 Å². The van der Waals surface area contributed by atoms with Gasteiger partial charge in [-0.05, 0) is 21.9 Å². The van der Waals surface area contributed by atoms with Crippen LogP contribution in [0.5, 0.6) is 0 Å². The molecule has 0 aliphatic carbocycles. The standard InChI is InChI=1S/C22H23ClN6O4.C2H6/c1-2-11-22(32,33)21-24-18(23)17(20(30)31)29(21)12-13-7-9-14(10-8-13)15-5-3-4-6-16(15)19-25-27-28-26-19;1-2/h3-10,20,30-33H,2,11-12H2,1H3,(H,25,26,27,28);1-2H3. The Labute approximate surface area is 207 Å². The molecule has 35 heavy (non-hydrogen) atoms. The minimum absolute atomic E-state index is 0.00705. The summed E-state index contributed by atoms with van der Waals surface area (Å²) in [5.41, 5.74) is 3.30. The van der Waals surface area contributed by atoms with Crippen molar-refractivity contribution in [3.63, 3.8) is 0 Å². The van der Waals surface area contributed by atoms with Crippen LogP contribution in [-0.4, -0.2) is 50.6 Å². The van der Waals surface area contributed by atoms with Crippen molar-refractivity contribution in [2.24, 2.45) is 0 Å². The minimum atomic E-state index is -2.27. The number of aliphatic hydroxyl groups excluding tert-OH is 1. The van der Waals surface area contributed by atoms with Crippen molar-refractivity contribution in [1.29, 1.82) is 0 Å². The number of benzene rings is 2. The molecule has 0 saturated carbocycles. The van der Waals surface area contributed by atoms with Crippen molar-refractivity contribution in [3.05, 3.63) is 70.8 Å². The molecule has 0 saturated heterocycles. The van der Waals surface area contributed by atoms with E-state index in [-0.39, 0.29) is 29.6 Å². The van der Waals surface area contributed by atoms with E-state index in [9.17, 15) is 20.4 Å². The highest BCUT2D eigenvalue weighted by Crippen LogP contribution is 2.33. The van der Waals surface area contributed by atoms with Crippen molar-refractivity contribution < 1.29 is 20.4 Å². The van der Waals surface area contributed by atoms with Gasteiger partial charge in [0.25, 0.3) is 0 Å². The van der Waals surface area contributed by atoms with Crippen molar-refractivity contribution in [2.45, 2.75) is 52.2 Å². The largest absolute Gasteiger partial charge is 0.363 e. The van der Waals surface area contributed by atoms with E-state index < -0.39 is 12.1 Å². The second-order valence-corrected chi connectivity index (χ2v) is 7.97. The van der Waals surface area contributed by atoms with Gasteiger partial charge < -0.3 is 25.0 Å². The lowest BCUT2D eigenvalue weighted by Gasteiger charge is -2.23. The van der Waals surface area contributed by atoms with Crippen LogP contribution < -0.4 is 0 Å². The van der Waals surface area contributed by atoms with Crippen LogP contribution in [0.25, 0.3) is 22.5 Å². The maximum absolute atomic E-state index is 10.5. The van der Waals surface area contributed by atoms with Gasteiger partial charge in [0.05, 0.1) is 0 Å². The number of aliphatic hydroxyl groups is 4. The zero-order valence-electron chi connectivity index (χ0n) is 19.7. The van der Waals surface area contributed by atoms with E-state index in [2.05, 4.69) is 25.6 Å². The summed E-state index contributed by atoms with van der Waals surface area (Å²) in [6.07, 6.45) is -1.45. The van der Waals surface area contributed by atoms with Crippen LogP contribution >= 0.6 is 11.6 Å². The number of rotatable bonds is 8. The highest BCUT2D eigenvalue weighted by atomic mass is 35.5. The Morgan fingerprint density at radius 1 is 1.03 bits per heavy atom. The predicted octanol–water partition coefficient (Wildman–Crippen LogP) is 3.38. The van der Waals surface area contributed by atoms with E-state index in [1.54, 1.807) is 6.92 Å². The molecule has 0 aliphatic rings. The van der Waals surface area contributed by atoms with E-state index in [0.29, 0.717) is 12.2 Å². The molecular weight excluding hydrogens is 472 g/mol. The number of aromatic nitrogens is 6. The highest BCUT2D eigenvalue weighted by Gasteiger charge is 2.34. The van der Waals surface area contributed by atoms with Gasteiger partial charge in [-0.2, -0.15) is 5.21 Å². The molecule has 0 fully saturated rings. The third kappa shape index (κ3) is 5.75. The maximum Gasteiger partial charge on any atom is 0.223 e. The number of nitrogens with one attached hydrogen (secondary N) is 1. The Bertz CT molecular complexity index is 1220. The fraction of sp³-hybridized carbons (Fsp3) is 0.333. The van der Waals surface area contributed by atoms with Crippen molar-refractivity contribution >= 4 is 11.6 Å². The van der Waals surface area contributed by atoms with Crippen LogP contribution in [0.4, 0.5) is 0 Å². The van der Waals surface area contributed by atoms with Gasteiger partial charge in [0.15, 0.2) is 17.3 Å². The summed E-state index contributed by atoms with van der Waals surface area (Å²) < 4.78 is 1.32. The normalized spacial score (nSPS) is 11.5. The maximum atomic E-state index is 10.5. The third-order valence-corrected chi connectivity index (χ3v) is 5.56. The summed E-state index contributed by atoms with van der Waals surface area (Å²) in [7, 11) is 0. The monoisotopic (exact) mass is 500 g/mol. The molecule has 0 aliphatic heterocycles. The second-order valence-electron chi connectivity index (χ2n) is 7.62. The second kappa shape index (κ2) is 11.5. The lowest BCUT2D eigenvalue weighted by Crippen LogP contribution is -2.30. The topological polar surface area (TPSA) is 153 Å². The van der Waals surface area contributed by atoms with Crippen LogP contribution in [0.15, 0.2) is 48.5 Å². The number of hydrogen-bond donors (Lipinski definition) is 5. The SMILES string of the molecule is CC.CCCC(O)(O)c1nc(Cl)c(C(O)O)n1Cc1ccc(-c2ccccc2-c2nn[nH]n2)cc1. The quantitative estimate of drug-likeness (QED) is 0.231. The van der Waals surface area contributed by atoms with Gasteiger partial charge in [0.2, 0.25) is 11.6 Å². The van der Waals surface area contributed by atoms with E-state index >= 15 is 0 Å². The number of aromatic amines is 1. The summed E-state index contributed by atoms with van der Waals surface area (Å²) in [6, 6.07) is 15.2. The van der Waals surface area contributed by atoms with Gasteiger partial charge in [0.1, 0.15) is 5.69 Å². The molecule has 10 nitrogen and oxygen atoms in total. The number of H-pyrrole nitrogens is 1. The Kier molecular flexibility index (Phi) is 8.71. The van der Waals surface area contributed by atoms with Gasteiger partial charge in [-0.3, -0.25) is 0 Å². The molecule has 0 bridgehead atoms. The molecule has 2 aromatic carbocycles. The van der Waals surface area contributed by atoms with E-state index in [0.717, 1.165) is 22.3 Å². The molecule has 0 amide bonds. The van der Waals surface area contributed by atoms with Gasteiger partial charge in [-0.1, -0.05) is 87.3 Å². The lowest BCUT2D eigenvalue weighted by atomic mass is 9.98. The zero-order chi connectivity index (χ0) is 25.6. The molecule has 2 heterocycles. The summed E-state index contributed by atoms with van der Waals surface area (Å²) in [5, 5.41) is 54.6. The molecule has 2 aromatic heterocycles. The number of hydrogen-bond acceptors (Lipinski definition) is 8. The van der Waals surface area contributed by atoms with Crippen LogP contribution in [0.2, 0.25) is 5.15 Å². The Morgan fingerprint density at radius 2 is 1.69 bits per heavy atom. The number of halogens is 1. The summed E-state index contributed by atoms with van der Waals surface area (Å²) in [4.78, 5) is 4.01. The van der Waals surface area contributed by atoms with Gasteiger partial charge >= 0.3 is 0 Å². The summed E-state index contributed by atoms with van der Waals surface area (Å²) in [5.74, 6) is -1.94. The predicted molar refractivity (Wildman–Crippen MR) is 131 cm³/mol. The molecule has 0 atom stereocenters. The molecule has 11 heteroatoms. The first-order valence-electron chi connectivity index (χ1n) is 11.3. The first-order valence-corrected chi connectivity index (χ1v) is 11.7. The highest BCUT2D eigenvalue weighted by molar-refractivity contribution is 6.30. The Balaban J connectivity index is 0.00000167. The molecule has 0 unspecified atom stereocenters. The van der Waals surface area contributed by atoms with Crippen LogP contribution in [0.3, 0.4) is 0 Å². The lowest BCUT2D eigenvalue weighted by molar-refractivity contribution is -0.183. The van der Waals surface area contributed by atoms with Crippen LogP contribution in [0.1, 0.15) is 57.0 Å². The Hall–Kier alpha value is -3.15. The molecule has 4 rings (SSSR count). The van der Waals surface area contributed by atoms with E-state index in [4.69, 9.17) is 11.6 Å². The molecule has 186 valence electrons. The van der Waals surface area contributed by atoms with Crippen molar-refractivity contribution in [1.82, 2.24) is 30.2 Å². The summed E-state index contributed by atoms with van der Waals surface area (Å²) >= 11 is 6.10. The van der Waals surface area contributed by atoms with Crippen molar-refractivity contribution in [3.8, 4) is 22.5 Å². The van der Waals surface area contributed by atoms with Crippen LogP contribution in [-0.2, 0) is 12.3 Å². The van der Waals surface area contributed by atoms with Crippen molar-refractivity contribution in [2.75, 3.05) is 0 Å². The molecular formula is C24H29ClN6O4. The van der Waals surface area contributed by atoms with Gasteiger partial charge in [-0.25, -0.2) is 4.98 Å². The molecule has 5 N–H and O–H groups in total. The number of imidazole rings is 1. The fourth-order valence-corrected chi connectivity index (χ4v) is 4.07. The summed E-state index contributed by atoms with van der Waals surface area (Å²) in [6.45, 7) is 5.89.